The quantitative estimate of drug-likeness (QED) is 0.767. The van der Waals surface area contributed by atoms with Crippen molar-refractivity contribution >= 4 is 23.3 Å². The fourth-order valence-corrected chi connectivity index (χ4v) is 4.28. The number of rotatable bonds is 3. The lowest BCUT2D eigenvalue weighted by atomic mass is 10.1. The topological polar surface area (TPSA) is 75.2 Å². The number of nitrogens with zero attached hydrogens (tertiary/aromatic N) is 4. The molecule has 30 heavy (non-hydrogen) atoms. The first-order valence-corrected chi connectivity index (χ1v) is 10.3. The molecule has 8 heteroatoms. The van der Waals surface area contributed by atoms with Crippen LogP contribution in [0.15, 0.2) is 42.6 Å². The van der Waals surface area contributed by atoms with Gasteiger partial charge in [-0.3, -0.25) is 9.59 Å². The van der Waals surface area contributed by atoms with Crippen LogP contribution in [-0.2, 0) is 9.59 Å². The van der Waals surface area contributed by atoms with Gasteiger partial charge >= 0.3 is 0 Å². The molecule has 156 valence electrons. The van der Waals surface area contributed by atoms with Gasteiger partial charge in [-0.25, -0.2) is 4.98 Å². The molecule has 1 aromatic carbocycles. The van der Waals surface area contributed by atoms with Gasteiger partial charge in [-0.05, 0) is 24.3 Å². The minimum Gasteiger partial charge on any atom is -0.486 e. The molecule has 3 aliphatic heterocycles. The zero-order valence-electron chi connectivity index (χ0n) is 16.7. The van der Waals surface area contributed by atoms with Crippen LogP contribution in [0.3, 0.4) is 0 Å². The third-order valence-corrected chi connectivity index (χ3v) is 5.88. The number of fused-ring (bicyclic) bond motifs is 1. The van der Waals surface area contributed by atoms with E-state index in [0.717, 1.165) is 24.6 Å². The van der Waals surface area contributed by atoms with Gasteiger partial charge in [0, 0.05) is 57.1 Å². The standard InChI is InChI=1S/C22H24N4O4/c27-21-13-16(15-26(21)17-4-5-18-19(14-17)30-12-11-29-18)22(28)25-9-7-24(8-10-25)20-3-1-2-6-23-20/h1-6,14,16H,7-13,15H2. The number of carbonyl (C=O) groups excluding carboxylic acids is 2. The Morgan fingerprint density at radius 3 is 2.57 bits per heavy atom. The average molecular weight is 408 g/mol. The van der Waals surface area contributed by atoms with Crippen LogP contribution in [0.2, 0.25) is 0 Å². The maximum Gasteiger partial charge on any atom is 0.228 e. The zero-order chi connectivity index (χ0) is 20.5. The number of benzene rings is 1. The van der Waals surface area contributed by atoms with E-state index in [1.54, 1.807) is 11.1 Å². The molecular formula is C22H24N4O4. The summed E-state index contributed by atoms with van der Waals surface area (Å²) < 4.78 is 11.2. The van der Waals surface area contributed by atoms with Crippen LogP contribution in [0.5, 0.6) is 11.5 Å². The smallest absolute Gasteiger partial charge is 0.228 e. The molecule has 2 amide bonds. The number of pyridine rings is 1. The van der Waals surface area contributed by atoms with Crippen molar-refractivity contribution < 1.29 is 19.1 Å². The average Bonchev–Trinajstić information content (AvgIpc) is 3.20. The molecule has 0 bridgehead atoms. The van der Waals surface area contributed by atoms with Gasteiger partial charge in [0.2, 0.25) is 11.8 Å². The van der Waals surface area contributed by atoms with Crippen LogP contribution in [-0.4, -0.2) is 67.6 Å². The predicted molar refractivity (Wildman–Crippen MR) is 111 cm³/mol. The summed E-state index contributed by atoms with van der Waals surface area (Å²) in [6.45, 7) is 4.20. The van der Waals surface area contributed by atoms with E-state index in [-0.39, 0.29) is 24.2 Å². The monoisotopic (exact) mass is 408 g/mol. The lowest BCUT2D eigenvalue weighted by Crippen LogP contribution is -2.51. The molecule has 5 rings (SSSR count). The highest BCUT2D eigenvalue weighted by molar-refractivity contribution is 6.00. The van der Waals surface area contributed by atoms with Gasteiger partial charge in [-0.15, -0.1) is 0 Å². The van der Waals surface area contributed by atoms with E-state index in [0.29, 0.717) is 44.3 Å². The van der Waals surface area contributed by atoms with Gasteiger partial charge in [0.25, 0.3) is 0 Å². The molecule has 0 N–H and O–H groups in total. The van der Waals surface area contributed by atoms with E-state index >= 15 is 0 Å². The van der Waals surface area contributed by atoms with Crippen LogP contribution in [0.25, 0.3) is 0 Å². The van der Waals surface area contributed by atoms with Crippen molar-refractivity contribution in [3.63, 3.8) is 0 Å². The molecule has 1 aromatic heterocycles. The summed E-state index contributed by atoms with van der Waals surface area (Å²) in [5.74, 6) is 1.99. The molecule has 2 saturated heterocycles. The molecule has 3 aliphatic rings. The number of hydrogen-bond donors (Lipinski definition) is 0. The molecule has 2 fully saturated rings. The van der Waals surface area contributed by atoms with E-state index in [9.17, 15) is 9.59 Å². The number of anilines is 2. The largest absolute Gasteiger partial charge is 0.486 e. The van der Waals surface area contributed by atoms with Gasteiger partial charge in [-0.2, -0.15) is 0 Å². The molecule has 4 heterocycles. The van der Waals surface area contributed by atoms with Crippen molar-refractivity contribution in [1.82, 2.24) is 9.88 Å². The summed E-state index contributed by atoms with van der Waals surface area (Å²) in [6, 6.07) is 11.3. The van der Waals surface area contributed by atoms with Gasteiger partial charge in [0.15, 0.2) is 11.5 Å². The Labute approximate surface area is 175 Å². The summed E-state index contributed by atoms with van der Waals surface area (Å²) in [6.07, 6.45) is 2.02. The van der Waals surface area contributed by atoms with Crippen molar-refractivity contribution in [2.24, 2.45) is 5.92 Å². The van der Waals surface area contributed by atoms with E-state index in [2.05, 4.69) is 9.88 Å². The Bertz CT molecular complexity index is 943. The molecule has 1 unspecified atom stereocenters. The second kappa shape index (κ2) is 7.85. The Balaban J connectivity index is 1.22. The summed E-state index contributed by atoms with van der Waals surface area (Å²) in [5.41, 5.74) is 0.750. The minimum absolute atomic E-state index is 0.0304. The molecule has 0 aliphatic carbocycles. The molecular weight excluding hydrogens is 384 g/mol. The zero-order valence-corrected chi connectivity index (χ0v) is 16.7. The Kier molecular flexibility index (Phi) is 4.90. The van der Waals surface area contributed by atoms with Gasteiger partial charge in [0.1, 0.15) is 19.0 Å². The number of ether oxygens (including phenoxy) is 2. The summed E-state index contributed by atoms with van der Waals surface area (Å²) >= 11 is 0. The number of carbonyl (C=O) groups is 2. The van der Waals surface area contributed by atoms with Gasteiger partial charge in [-0.1, -0.05) is 6.07 Å². The third-order valence-electron chi connectivity index (χ3n) is 5.88. The maximum atomic E-state index is 13.1. The second-order valence-corrected chi connectivity index (χ2v) is 7.73. The number of hydrogen-bond acceptors (Lipinski definition) is 6. The highest BCUT2D eigenvalue weighted by Crippen LogP contribution is 2.36. The summed E-state index contributed by atoms with van der Waals surface area (Å²) in [5, 5.41) is 0. The van der Waals surface area contributed by atoms with E-state index < -0.39 is 0 Å². The Morgan fingerprint density at radius 1 is 1.00 bits per heavy atom. The fourth-order valence-electron chi connectivity index (χ4n) is 4.28. The van der Waals surface area contributed by atoms with Crippen molar-refractivity contribution in [1.29, 1.82) is 0 Å². The Morgan fingerprint density at radius 2 is 1.80 bits per heavy atom. The highest BCUT2D eigenvalue weighted by Gasteiger charge is 2.38. The molecule has 2 aromatic rings. The normalized spacial score (nSPS) is 21.1. The van der Waals surface area contributed by atoms with E-state index in [1.807, 2.05) is 41.3 Å². The fraction of sp³-hybridized carbons (Fsp3) is 0.409. The third kappa shape index (κ3) is 3.53. The van der Waals surface area contributed by atoms with Crippen LogP contribution in [0.1, 0.15) is 6.42 Å². The second-order valence-electron chi connectivity index (χ2n) is 7.73. The highest BCUT2D eigenvalue weighted by atomic mass is 16.6. The predicted octanol–water partition coefficient (Wildman–Crippen LogP) is 1.55. The molecule has 1 atom stereocenters. The van der Waals surface area contributed by atoms with Crippen molar-refractivity contribution in [2.75, 3.05) is 55.7 Å². The first-order chi connectivity index (χ1) is 14.7. The SMILES string of the molecule is O=C(C1CC(=O)N(c2ccc3c(c2)OCCO3)C1)N1CCN(c2ccccn2)CC1. The molecule has 8 nitrogen and oxygen atoms in total. The van der Waals surface area contributed by atoms with Crippen LogP contribution >= 0.6 is 0 Å². The molecule has 0 spiro atoms. The lowest BCUT2D eigenvalue weighted by molar-refractivity contribution is -0.136. The summed E-state index contributed by atoms with van der Waals surface area (Å²) in [4.78, 5) is 35.8. The first-order valence-electron chi connectivity index (χ1n) is 10.3. The van der Waals surface area contributed by atoms with Crippen LogP contribution in [0.4, 0.5) is 11.5 Å². The number of aromatic nitrogens is 1. The lowest BCUT2D eigenvalue weighted by Gasteiger charge is -2.36. The van der Waals surface area contributed by atoms with E-state index in [4.69, 9.17) is 9.47 Å². The van der Waals surface area contributed by atoms with Crippen molar-refractivity contribution in [2.45, 2.75) is 6.42 Å². The minimum atomic E-state index is -0.313. The van der Waals surface area contributed by atoms with Crippen LogP contribution < -0.4 is 19.3 Å². The first kappa shape index (κ1) is 18.7. The van der Waals surface area contributed by atoms with Crippen LogP contribution in [0, 0.1) is 5.92 Å². The van der Waals surface area contributed by atoms with E-state index in [1.165, 1.54) is 0 Å². The van der Waals surface area contributed by atoms with Crippen molar-refractivity contribution in [3.05, 3.63) is 42.6 Å². The summed E-state index contributed by atoms with van der Waals surface area (Å²) in [7, 11) is 0. The van der Waals surface area contributed by atoms with Gasteiger partial charge in [0.05, 0.1) is 5.92 Å². The number of amides is 2. The maximum absolute atomic E-state index is 13.1. The van der Waals surface area contributed by atoms with Crippen molar-refractivity contribution in [3.8, 4) is 11.5 Å². The molecule has 0 saturated carbocycles. The molecule has 0 radical (unpaired) electrons. The number of piperazine rings is 1. The van der Waals surface area contributed by atoms with Gasteiger partial charge < -0.3 is 24.2 Å². The Hall–Kier alpha value is -3.29.